The third kappa shape index (κ3) is 4.30. The summed E-state index contributed by atoms with van der Waals surface area (Å²) in [4.78, 5) is 15.4. The predicted molar refractivity (Wildman–Crippen MR) is 89.8 cm³/mol. The molecule has 1 aromatic heterocycles. The van der Waals surface area contributed by atoms with Crippen LogP contribution < -0.4 is 4.74 Å². The number of fused-ring (bicyclic) bond motifs is 1. The van der Waals surface area contributed by atoms with Crippen molar-refractivity contribution >= 4 is 16.9 Å². The van der Waals surface area contributed by atoms with E-state index >= 15 is 0 Å². The quantitative estimate of drug-likeness (QED) is 0.708. The molecule has 3 rings (SSSR count). The molecule has 7 heteroatoms. The Labute approximate surface area is 146 Å². The largest absolute Gasteiger partial charge is 0.573 e. The number of para-hydroxylation sites is 1. The first-order valence-corrected chi connectivity index (χ1v) is 7.78. The summed E-state index contributed by atoms with van der Waals surface area (Å²) >= 11 is 0. The number of carbonyl (C=O) groups is 1. The van der Waals surface area contributed by atoms with Crippen LogP contribution >= 0.6 is 0 Å². The van der Waals surface area contributed by atoms with Gasteiger partial charge in [0.05, 0.1) is 11.2 Å². The van der Waals surface area contributed by atoms with Gasteiger partial charge >= 0.3 is 12.3 Å². The van der Waals surface area contributed by atoms with E-state index in [4.69, 9.17) is 5.11 Å². The van der Waals surface area contributed by atoms with E-state index in [9.17, 15) is 18.0 Å². The van der Waals surface area contributed by atoms with Gasteiger partial charge in [0, 0.05) is 17.4 Å². The second-order valence-corrected chi connectivity index (χ2v) is 5.65. The maximum Gasteiger partial charge on any atom is 0.573 e. The summed E-state index contributed by atoms with van der Waals surface area (Å²) in [6.07, 6.45) is -4.43. The van der Waals surface area contributed by atoms with Crippen LogP contribution in [0.2, 0.25) is 0 Å². The maximum atomic E-state index is 12.3. The zero-order chi connectivity index (χ0) is 18.7. The summed E-state index contributed by atoms with van der Waals surface area (Å²) in [5.41, 5.74) is 2.69. The molecule has 0 bridgehead atoms. The summed E-state index contributed by atoms with van der Waals surface area (Å²) in [5.74, 6) is -1.21. The molecule has 2 aromatic carbocycles. The molecule has 134 valence electrons. The van der Waals surface area contributed by atoms with Gasteiger partial charge in [-0.1, -0.05) is 18.2 Å². The molecule has 0 spiro atoms. The van der Waals surface area contributed by atoms with Crippen molar-refractivity contribution in [2.24, 2.45) is 0 Å². The second-order valence-electron chi connectivity index (χ2n) is 5.65. The predicted octanol–water partition coefficient (Wildman–Crippen LogP) is 4.82. The molecule has 0 fully saturated rings. The fourth-order valence-electron chi connectivity index (χ4n) is 2.67. The number of aliphatic carboxylic acids is 1. The van der Waals surface area contributed by atoms with E-state index in [1.54, 1.807) is 6.07 Å². The standard InChI is InChI=1S/C19H14F3NO3/c20-19(21,22)26-14-8-5-12(6-9-14)17-11-13(7-10-18(24)25)15-3-1-2-4-16(15)23-17/h1-6,8-9,11H,7,10H2,(H,24,25). The number of hydrogen-bond acceptors (Lipinski definition) is 3. The van der Waals surface area contributed by atoms with Crippen LogP contribution in [0.3, 0.4) is 0 Å². The number of benzene rings is 2. The molecular weight excluding hydrogens is 347 g/mol. The van der Waals surface area contributed by atoms with Gasteiger partial charge in [0.2, 0.25) is 0 Å². The van der Waals surface area contributed by atoms with Crippen molar-refractivity contribution in [2.75, 3.05) is 0 Å². The van der Waals surface area contributed by atoms with Crippen LogP contribution in [-0.2, 0) is 11.2 Å². The SMILES string of the molecule is O=C(O)CCc1cc(-c2ccc(OC(F)(F)F)cc2)nc2ccccc12. The van der Waals surface area contributed by atoms with Crippen LogP contribution in [0.1, 0.15) is 12.0 Å². The molecule has 0 saturated heterocycles. The third-order valence-corrected chi connectivity index (χ3v) is 3.79. The van der Waals surface area contributed by atoms with Gasteiger partial charge in [-0.2, -0.15) is 0 Å². The van der Waals surface area contributed by atoms with E-state index in [2.05, 4.69) is 9.72 Å². The Bertz CT molecular complexity index is 937. The minimum absolute atomic E-state index is 0.0220. The molecular formula is C19H14F3NO3. The molecule has 0 aliphatic rings. The third-order valence-electron chi connectivity index (χ3n) is 3.79. The lowest BCUT2D eigenvalue weighted by Gasteiger charge is -2.11. The fraction of sp³-hybridized carbons (Fsp3) is 0.158. The molecule has 0 atom stereocenters. The zero-order valence-corrected chi connectivity index (χ0v) is 13.5. The van der Waals surface area contributed by atoms with Gasteiger partial charge in [-0.25, -0.2) is 4.98 Å². The summed E-state index contributed by atoms with van der Waals surface area (Å²) in [6, 6.07) is 14.5. The van der Waals surface area contributed by atoms with E-state index < -0.39 is 12.3 Å². The highest BCUT2D eigenvalue weighted by molar-refractivity contribution is 5.85. The summed E-state index contributed by atoms with van der Waals surface area (Å²) < 4.78 is 40.6. The number of alkyl halides is 3. The number of carboxylic acids is 1. The molecule has 3 aromatic rings. The molecule has 4 nitrogen and oxygen atoms in total. The first-order chi connectivity index (χ1) is 12.3. The maximum absolute atomic E-state index is 12.3. The van der Waals surface area contributed by atoms with Crippen molar-refractivity contribution < 1.29 is 27.8 Å². The Morgan fingerprint density at radius 2 is 1.77 bits per heavy atom. The molecule has 0 saturated carbocycles. The van der Waals surface area contributed by atoms with E-state index in [1.165, 1.54) is 24.3 Å². The second kappa shape index (κ2) is 7.03. The van der Waals surface area contributed by atoms with Gasteiger partial charge in [-0.3, -0.25) is 4.79 Å². The molecule has 0 amide bonds. The zero-order valence-electron chi connectivity index (χ0n) is 13.5. The van der Waals surface area contributed by atoms with Crippen LogP contribution in [0, 0.1) is 0 Å². The van der Waals surface area contributed by atoms with Crippen molar-refractivity contribution in [3.05, 3.63) is 60.2 Å². The number of pyridine rings is 1. The number of nitrogens with zero attached hydrogens (tertiary/aromatic N) is 1. The number of carboxylic acid groups (broad SMARTS) is 1. The summed E-state index contributed by atoms with van der Waals surface area (Å²) in [6.45, 7) is 0. The first kappa shape index (κ1) is 17.7. The Hall–Kier alpha value is -3.09. The molecule has 1 N–H and O–H groups in total. The van der Waals surface area contributed by atoms with Gasteiger partial charge in [0.1, 0.15) is 5.75 Å². The van der Waals surface area contributed by atoms with Crippen molar-refractivity contribution in [1.29, 1.82) is 0 Å². The molecule has 26 heavy (non-hydrogen) atoms. The summed E-state index contributed by atoms with van der Waals surface area (Å²) in [7, 11) is 0. The van der Waals surface area contributed by atoms with Gasteiger partial charge < -0.3 is 9.84 Å². The molecule has 0 aliphatic heterocycles. The van der Waals surface area contributed by atoms with Crippen LogP contribution in [0.25, 0.3) is 22.2 Å². The van der Waals surface area contributed by atoms with E-state index in [1.807, 2.05) is 24.3 Å². The lowest BCUT2D eigenvalue weighted by atomic mass is 10.0. The molecule has 0 unspecified atom stereocenters. The van der Waals surface area contributed by atoms with Gasteiger partial charge in [0.25, 0.3) is 0 Å². The topological polar surface area (TPSA) is 59.4 Å². The monoisotopic (exact) mass is 361 g/mol. The van der Waals surface area contributed by atoms with Gasteiger partial charge in [-0.05, 0) is 48.4 Å². The minimum Gasteiger partial charge on any atom is -0.481 e. The van der Waals surface area contributed by atoms with Crippen molar-refractivity contribution in [1.82, 2.24) is 4.98 Å². The van der Waals surface area contributed by atoms with Crippen LogP contribution in [0.15, 0.2) is 54.6 Å². The highest BCUT2D eigenvalue weighted by Gasteiger charge is 2.31. The van der Waals surface area contributed by atoms with Crippen molar-refractivity contribution in [2.45, 2.75) is 19.2 Å². The number of hydrogen-bond donors (Lipinski definition) is 1. The highest BCUT2D eigenvalue weighted by atomic mass is 19.4. The van der Waals surface area contributed by atoms with Crippen LogP contribution in [0.4, 0.5) is 13.2 Å². The number of aromatic nitrogens is 1. The Morgan fingerprint density at radius 3 is 2.42 bits per heavy atom. The summed E-state index contributed by atoms with van der Waals surface area (Å²) in [5, 5.41) is 9.79. The smallest absolute Gasteiger partial charge is 0.481 e. The Morgan fingerprint density at radius 1 is 1.08 bits per heavy atom. The van der Waals surface area contributed by atoms with E-state index in [0.717, 1.165) is 10.9 Å². The Balaban J connectivity index is 1.98. The number of halogens is 3. The lowest BCUT2D eigenvalue weighted by Crippen LogP contribution is -2.16. The van der Waals surface area contributed by atoms with Crippen molar-refractivity contribution in [3.63, 3.8) is 0 Å². The average molecular weight is 361 g/mol. The number of rotatable bonds is 5. The first-order valence-electron chi connectivity index (χ1n) is 7.78. The fourth-order valence-corrected chi connectivity index (χ4v) is 2.67. The number of aryl methyl sites for hydroxylation is 1. The lowest BCUT2D eigenvalue weighted by molar-refractivity contribution is -0.274. The van der Waals surface area contributed by atoms with Crippen LogP contribution in [-0.4, -0.2) is 22.4 Å². The number of ether oxygens (including phenoxy) is 1. The van der Waals surface area contributed by atoms with Gasteiger partial charge in [0.15, 0.2) is 0 Å². The molecule has 1 heterocycles. The normalized spacial score (nSPS) is 11.5. The highest BCUT2D eigenvalue weighted by Crippen LogP contribution is 2.28. The van der Waals surface area contributed by atoms with E-state index in [-0.39, 0.29) is 12.2 Å². The molecule has 0 radical (unpaired) electrons. The van der Waals surface area contributed by atoms with Gasteiger partial charge in [-0.15, -0.1) is 13.2 Å². The van der Waals surface area contributed by atoms with E-state index in [0.29, 0.717) is 23.2 Å². The minimum atomic E-state index is -4.74. The Kier molecular flexibility index (Phi) is 4.79. The molecule has 0 aliphatic carbocycles. The van der Waals surface area contributed by atoms with Crippen LogP contribution in [0.5, 0.6) is 5.75 Å². The average Bonchev–Trinajstić information content (AvgIpc) is 2.58. The van der Waals surface area contributed by atoms with Crippen molar-refractivity contribution in [3.8, 4) is 17.0 Å².